The van der Waals surface area contributed by atoms with E-state index in [0.717, 1.165) is 12.8 Å². The van der Waals surface area contributed by atoms with Crippen molar-refractivity contribution in [2.75, 3.05) is 18.9 Å². The maximum Gasteiger partial charge on any atom is 0.490 e. The molecule has 144 valence electrons. The Kier molecular flexibility index (Phi) is 7.81. The van der Waals surface area contributed by atoms with Gasteiger partial charge in [-0.25, -0.2) is 9.78 Å². The molecule has 8 nitrogen and oxygen atoms in total. The van der Waals surface area contributed by atoms with Gasteiger partial charge >= 0.3 is 12.1 Å². The van der Waals surface area contributed by atoms with Gasteiger partial charge in [-0.15, -0.1) is 0 Å². The fourth-order valence-electron chi connectivity index (χ4n) is 2.10. The lowest BCUT2D eigenvalue weighted by Gasteiger charge is -2.16. The van der Waals surface area contributed by atoms with Crippen molar-refractivity contribution in [2.24, 2.45) is 0 Å². The summed E-state index contributed by atoms with van der Waals surface area (Å²) >= 11 is 0. The number of aliphatic carboxylic acids is 1. The molecule has 2 heterocycles. The highest BCUT2D eigenvalue weighted by molar-refractivity contribution is 6.01. The number of rotatable bonds is 3. The Morgan fingerprint density at radius 1 is 1.35 bits per heavy atom. The van der Waals surface area contributed by atoms with Gasteiger partial charge < -0.3 is 21.1 Å². The van der Waals surface area contributed by atoms with Crippen molar-refractivity contribution in [2.45, 2.75) is 31.5 Å². The van der Waals surface area contributed by atoms with Gasteiger partial charge in [0.15, 0.2) is 0 Å². The van der Waals surface area contributed by atoms with Crippen molar-refractivity contribution in [1.82, 2.24) is 15.6 Å². The Hall–Kier alpha value is -2.85. The van der Waals surface area contributed by atoms with Crippen molar-refractivity contribution < 1.29 is 32.7 Å². The van der Waals surface area contributed by atoms with Crippen molar-refractivity contribution in [3.05, 3.63) is 23.9 Å². The molecule has 11 heteroatoms. The molecule has 0 radical (unpaired) electrons. The number of alkyl halides is 3. The monoisotopic (exact) mass is 376 g/mol. The number of carbonyl (C=O) groups is 3. The van der Waals surface area contributed by atoms with Crippen LogP contribution in [0, 0.1) is 0 Å². The molecule has 1 aliphatic heterocycles. The van der Waals surface area contributed by atoms with Crippen LogP contribution in [0.1, 0.15) is 29.6 Å². The molecule has 2 rings (SSSR count). The third-order valence-electron chi connectivity index (χ3n) is 3.37. The smallest absolute Gasteiger partial charge is 0.475 e. The normalized spacial score (nSPS) is 17.1. The van der Waals surface area contributed by atoms with Crippen LogP contribution >= 0.6 is 0 Å². The maximum absolute atomic E-state index is 12.2. The van der Waals surface area contributed by atoms with Crippen LogP contribution in [-0.2, 0) is 9.59 Å². The van der Waals surface area contributed by atoms with Gasteiger partial charge in [0.1, 0.15) is 11.9 Å². The second-order valence-corrected chi connectivity index (χ2v) is 5.27. The predicted octanol–water partition coefficient (Wildman–Crippen LogP) is 1.16. The van der Waals surface area contributed by atoms with Crippen LogP contribution in [-0.4, -0.2) is 53.7 Å². The Morgan fingerprint density at radius 3 is 2.58 bits per heavy atom. The average Bonchev–Trinajstić information content (AvgIpc) is 2.79. The highest BCUT2D eigenvalue weighted by Gasteiger charge is 2.38. The molecule has 1 aromatic heterocycles. The van der Waals surface area contributed by atoms with Crippen molar-refractivity contribution in [3.8, 4) is 0 Å². The number of halogens is 3. The summed E-state index contributed by atoms with van der Waals surface area (Å²) in [6.07, 6.45) is -0.921. The van der Waals surface area contributed by atoms with Crippen molar-refractivity contribution in [3.63, 3.8) is 0 Å². The molecule has 0 aliphatic carbocycles. The lowest BCUT2D eigenvalue weighted by Crippen LogP contribution is -2.45. The Bertz CT molecular complexity index is 652. The molecule has 4 N–H and O–H groups in total. The molecule has 26 heavy (non-hydrogen) atoms. The maximum atomic E-state index is 12.2. The van der Waals surface area contributed by atoms with Gasteiger partial charge in [0.25, 0.3) is 5.91 Å². The summed E-state index contributed by atoms with van der Waals surface area (Å²) in [5, 5.41) is 15.6. The summed E-state index contributed by atoms with van der Waals surface area (Å²) in [6, 6.07) is 2.92. The third kappa shape index (κ3) is 6.57. The number of nitrogens with one attached hydrogen (secondary N) is 3. The van der Waals surface area contributed by atoms with Crippen molar-refractivity contribution in [1.29, 1.82) is 0 Å². The molecular formula is C15H19F3N4O4. The zero-order valence-electron chi connectivity index (χ0n) is 13.9. The summed E-state index contributed by atoms with van der Waals surface area (Å²) in [4.78, 5) is 36.9. The van der Waals surface area contributed by atoms with E-state index < -0.39 is 18.2 Å². The molecule has 1 atom stereocenters. The quantitative estimate of drug-likeness (QED) is 0.628. The lowest BCUT2D eigenvalue weighted by atomic mass is 10.1. The molecular weight excluding hydrogens is 357 g/mol. The van der Waals surface area contributed by atoms with Crippen LogP contribution in [0.5, 0.6) is 0 Å². The fourth-order valence-corrected chi connectivity index (χ4v) is 2.10. The number of hydrogen-bond donors (Lipinski definition) is 4. The van der Waals surface area contributed by atoms with Crippen LogP contribution in [0.2, 0.25) is 0 Å². The summed E-state index contributed by atoms with van der Waals surface area (Å²) < 4.78 is 31.7. The van der Waals surface area contributed by atoms with E-state index in [1.807, 2.05) is 0 Å². The van der Waals surface area contributed by atoms with Gasteiger partial charge in [-0.1, -0.05) is 0 Å². The SMILES string of the molecule is CNc1ncccc1C(=O)N[C@H]1CCCCNC1=O.O=C(O)C(F)(F)F. The molecule has 1 saturated heterocycles. The van der Waals surface area contributed by atoms with Crippen LogP contribution < -0.4 is 16.0 Å². The zero-order chi connectivity index (χ0) is 19.7. The minimum absolute atomic E-state index is 0.110. The number of pyridine rings is 1. The molecule has 2 amide bonds. The average molecular weight is 376 g/mol. The largest absolute Gasteiger partial charge is 0.490 e. The van der Waals surface area contributed by atoms with E-state index in [1.54, 1.807) is 25.4 Å². The first-order valence-corrected chi connectivity index (χ1v) is 7.68. The van der Waals surface area contributed by atoms with Crippen molar-refractivity contribution >= 4 is 23.6 Å². The van der Waals surface area contributed by atoms with Gasteiger partial charge in [0, 0.05) is 19.8 Å². The first-order chi connectivity index (χ1) is 12.2. The van der Waals surface area contributed by atoms with E-state index in [4.69, 9.17) is 9.90 Å². The van der Waals surface area contributed by atoms with Crippen LogP contribution in [0.25, 0.3) is 0 Å². The molecule has 0 spiro atoms. The van der Waals surface area contributed by atoms with E-state index >= 15 is 0 Å². The zero-order valence-corrected chi connectivity index (χ0v) is 13.9. The van der Waals surface area contributed by atoms with E-state index in [-0.39, 0.29) is 11.8 Å². The lowest BCUT2D eigenvalue weighted by molar-refractivity contribution is -0.192. The van der Waals surface area contributed by atoms with Crippen LogP contribution in [0.3, 0.4) is 0 Å². The summed E-state index contributed by atoms with van der Waals surface area (Å²) in [7, 11) is 1.71. The second-order valence-electron chi connectivity index (χ2n) is 5.27. The summed E-state index contributed by atoms with van der Waals surface area (Å²) in [5.74, 6) is -2.64. The van der Waals surface area contributed by atoms with Gasteiger partial charge in [-0.05, 0) is 31.4 Å². The molecule has 0 aromatic carbocycles. The Labute approximate surface area is 147 Å². The summed E-state index contributed by atoms with van der Waals surface area (Å²) in [5.41, 5.74) is 0.446. The highest BCUT2D eigenvalue weighted by Crippen LogP contribution is 2.13. The standard InChI is InChI=1S/C13H18N4O2.C2HF3O2/c1-14-11-9(5-4-8-15-11)12(18)17-10-6-2-3-7-16-13(10)19;3-2(4,5)1(6)7/h4-5,8,10H,2-3,6-7H2,1H3,(H,14,15)(H,16,19)(H,17,18);(H,6,7)/t10-;/m0./s1. The molecule has 0 unspecified atom stereocenters. The van der Waals surface area contributed by atoms with Crippen LogP contribution in [0.15, 0.2) is 18.3 Å². The molecule has 0 saturated carbocycles. The number of aromatic nitrogens is 1. The number of anilines is 1. The Morgan fingerprint density at radius 2 is 2.00 bits per heavy atom. The second kappa shape index (κ2) is 9.59. The molecule has 1 aliphatic rings. The third-order valence-corrected chi connectivity index (χ3v) is 3.37. The number of amides is 2. The van der Waals surface area contributed by atoms with Gasteiger partial charge in [-0.3, -0.25) is 9.59 Å². The van der Waals surface area contributed by atoms with Gasteiger partial charge in [-0.2, -0.15) is 13.2 Å². The molecule has 0 bridgehead atoms. The van der Waals surface area contributed by atoms with Gasteiger partial charge in [0.2, 0.25) is 5.91 Å². The number of nitrogens with zero attached hydrogens (tertiary/aromatic N) is 1. The highest BCUT2D eigenvalue weighted by atomic mass is 19.4. The van der Waals surface area contributed by atoms with E-state index in [9.17, 15) is 22.8 Å². The van der Waals surface area contributed by atoms with Crippen LogP contribution in [0.4, 0.5) is 19.0 Å². The van der Waals surface area contributed by atoms with E-state index in [2.05, 4.69) is 20.9 Å². The first-order valence-electron chi connectivity index (χ1n) is 7.68. The Balaban J connectivity index is 0.000000412. The number of carboxylic acid groups (broad SMARTS) is 1. The number of carboxylic acids is 1. The number of carbonyl (C=O) groups excluding carboxylic acids is 2. The minimum atomic E-state index is -5.08. The van der Waals surface area contributed by atoms with E-state index in [1.165, 1.54) is 0 Å². The minimum Gasteiger partial charge on any atom is -0.475 e. The first kappa shape index (κ1) is 21.2. The molecule has 1 aromatic rings. The number of hydrogen-bond acceptors (Lipinski definition) is 5. The predicted molar refractivity (Wildman–Crippen MR) is 85.6 cm³/mol. The summed E-state index contributed by atoms with van der Waals surface area (Å²) in [6.45, 7) is 0.680. The fraction of sp³-hybridized carbons (Fsp3) is 0.467. The topological polar surface area (TPSA) is 120 Å². The molecule has 1 fully saturated rings. The van der Waals surface area contributed by atoms with E-state index in [0.29, 0.717) is 24.3 Å². The van der Waals surface area contributed by atoms with Gasteiger partial charge in [0.05, 0.1) is 5.56 Å².